The van der Waals surface area contributed by atoms with E-state index in [0.29, 0.717) is 21.8 Å². The van der Waals surface area contributed by atoms with Crippen LogP contribution in [0.5, 0.6) is 0 Å². The minimum atomic E-state index is -3.64. The molecule has 5 nitrogen and oxygen atoms in total. The molecule has 0 aliphatic rings. The zero-order valence-corrected chi connectivity index (χ0v) is 15.0. The van der Waals surface area contributed by atoms with Crippen LogP contribution in [-0.2, 0) is 20.6 Å². The van der Waals surface area contributed by atoms with E-state index in [-0.39, 0.29) is 12.3 Å². The van der Waals surface area contributed by atoms with Crippen molar-refractivity contribution in [3.63, 3.8) is 0 Å². The molecule has 2 rings (SSSR count). The van der Waals surface area contributed by atoms with Gasteiger partial charge in [0.1, 0.15) is 0 Å². The van der Waals surface area contributed by atoms with Gasteiger partial charge in [-0.3, -0.25) is 4.79 Å². The van der Waals surface area contributed by atoms with Crippen molar-refractivity contribution in [2.75, 3.05) is 11.9 Å². The molecule has 2 N–H and O–H groups in total. The van der Waals surface area contributed by atoms with Crippen molar-refractivity contribution in [3.8, 4) is 0 Å². The van der Waals surface area contributed by atoms with Gasteiger partial charge in [-0.15, -0.1) is 0 Å². The van der Waals surface area contributed by atoms with Crippen molar-refractivity contribution in [3.05, 3.63) is 64.2 Å². The highest BCUT2D eigenvalue weighted by Crippen LogP contribution is 2.20. The summed E-state index contributed by atoms with van der Waals surface area (Å²) in [5.74, 6) is -0.649. The minimum Gasteiger partial charge on any atom is -0.325 e. The average molecular weight is 367 g/mol. The predicted molar refractivity (Wildman–Crippen MR) is 96.6 cm³/mol. The van der Waals surface area contributed by atoms with Crippen LogP contribution in [0.4, 0.5) is 5.69 Å². The Hall–Kier alpha value is -1.89. The monoisotopic (exact) mass is 366 g/mol. The van der Waals surface area contributed by atoms with E-state index in [0.717, 1.165) is 5.56 Å². The molecule has 24 heavy (non-hydrogen) atoms. The molecule has 128 valence electrons. The van der Waals surface area contributed by atoms with Crippen LogP contribution in [0.3, 0.4) is 0 Å². The lowest BCUT2D eigenvalue weighted by molar-refractivity contribution is -0.115. The molecule has 0 saturated carbocycles. The molecule has 2 aromatic rings. The number of amides is 1. The molecule has 1 amide bonds. The van der Waals surface area contributed by atoms with E-state index in [1.165, 1.54) is 0 Å². The smallest absolute Gasteiger partial charge is 0.239 e. The first-order valence-electron chi connectivity index (χ1n) is 7.35. The maximum absolute atomic E-state index is 12.1. The zero-order chi connectivity index (χ0) is 17.7. The standard InChI is InChI=1S/C17H19ClN2O3S/c1-12-5-3-7-15(9-12)20-17(21)10-19-24(22,23)11-14-6-4-8-16(18)13(14)2/h3-9,19H,10-11H2,1-2H3,(H,20,21). The molecule has 0 atom stereocenters. The van der Waals surface area contributed by atoms with Crippen LogP contribution in [0.15, 0.2) is 42.5 Å². The highest BCUT2D eigenvalue weighted by atomic mass is 35.5. The average Bonchev–Trinajstić information content (AvgIpc) is 2.50. The van der Waals surface area contributed by atoms with E-state index in [1.54, 1.807) is 31.2 Å². The van der Waals surface area contributed by atoms with Gasteiger partial charge in [-0.25, -0.2) is 13.1 Å². The molecular formula is C17H19ClN2O3S. The third-order valence-corrected chi connectivity index (χ3v) is 5.16. The van der Waals surface area contributed by atoms with Crippen molar-refractivity contribution >= 4 is 33.2 Å². The Labute approximate surface area is 147 Å². The Morgan fingerprint density at radius 3 is 2.54 bits per heavy atom. The summed E-state index contributed by atoms with van der Waals surface area (Å²) in [7, 11) is -3.64. The van der Waals surface area contributed by atoms with Gasteiger partial charge in [0.15, 0.2) is 0 Å². The topological polar surface area (TPSA) is 75.3 Å². The number of hydrogen-bond donors (Lipinski definition) is 2. The SMILES string of the molecule is Cc1cccc(NC(=O)CNS(=O)(=O)Cc2cccc(Cl)c2C)c1. The Morgan fingerprint density at radius 1 is 1.12 bits per heavy atom. The van der Waals surface area contributed by atoms with E-state index < -0.39 is 15.9 Å². The molecule has 0 aliphatic carbocycles. The van der Waals surface area contributed by atoms with Crippen LogP contribution in [0.2, 0.25) is 5.02 Å². The lowest BCUT2D eigenvalue weighted by Crippen LogP contribution is -2.33. The fourth-order valence-electron chi connectivity index (χ4n) is 2.17. The summed E-state index contributed by atoms with van der Waals surface area (Å²) >= 11 is 5.99. The zero-order valence-electron chi connectivity index (χ0n) is 13.5. The number of carbonyl (C=O) groups is 1. The van der Waals surface area contributed by atoms with E-state index >= 15 is 0 Å². The van der Waals surface area contributed by atoms with Crippen LogP contribution in [0.25, 0.3) is 0 Å². The number of benzene rings is 2. The van der Waals surface area contributed by atoms with Crippen LogP contribution >= 0.6 is 11.6 Å². The number of halogens is 1. The van der Waals surface area contributed by atoms with Gasteiger partial charge in [0, 0.05) is 10.7 Å². The van der Waals surface area contributed by atoms with Gasteiger partial charge in [0.25, 0.3) is 0 Å². The van der Waals surface area contributed by atoms with Crippen LogP contribution < -0.4 is 10.0 Å². The maximum Gasteiger partial charge on any atom is 0.239 e. The number of aryl methyl sites for hydroxylation is 1. The summed E-state index contributed by atoms with van der Waals surface area (Å²) in [5.41, 5.74) is 2.96. The number of hydrogen-bond acceptors (Lipinski definition) is 3. The number of nitrogens with one attached hydrogen (secondary N) is 2. The highest BCUT2D eigenvalue weighted by molar-refractivity contribution is 7.88. The number of carbonyl (C=O) groups excluding carboxylic acids is 1. The molecule has 0 radical (unpaired) electrons. The third-order valence-electron chi connectivity index (χ3n) is 3.48. The summed E-state index contributed by atoms with van der Waals surface area (Å²) in [6, 6.07) is 12.4. The second-order valence-electron chi connectivity index (χ2n) is 5.52. The highest BCUT2D eigenvalue weighted by Gasteiger charge is 2.15. The van der Waals surface area contributed by atoms with Crippen molar-refractivity contribution in [2.24, 2.45) is 0 Å². The lowest BCUT2D eigenvalue weighted by Gasteiger charge is -2.10. The summed E-state index contributed by atoms with van der Waals surface area (Å²) in [6.45, 7) is 3.35. The van der Waals surface area contributed by atoms with Gasteiger partial charge < -0.3 is 5.32 Å². The van der Waals surface area contributed by atoms with Gasteiger partial charge in [0.05, 0.1) is 12.3 Å². The first kappa shape index (κ1) is 18.4. The molecule has 7 heteroatoms. The van der Waals surface area contributed by atoms with Crippen molar-refractivity contribution in [2.45, 2.75) is 19.6 Å². The summed E-state index contributed by atoms with van der Waals surface area (Å²) < 4.78 is 26.6. The van der Waals surface area contributed by atoms with Crippen molar-refractivity contribution < 1.29 is 13.2 Å². The van der Waals surface area contributed by atoms with Crippen LogP contribution in [0, 0.1) is 13.8 Å². The lowest BCUT2D eigenvalue weighted by atomic mass is 10.1. The second-order valence-corrected chi connectivity index (χ2v) is 7.74. The van der Waals surface area contributed by atoms with Crippen LogP contribution in [-0.4, -0.2) is 20.9 Å². The van der Waals surface area contributed by atoms with Gasteiger partial charge in [0.2, 0.25) is 15.9 Å². The fraction of sp³-hybridized carbons (Fsp3) is 0.235. The Morgan fingerprint density at radius 2 is 1.83 bits per heavy atom. The predicted octanol–water partition coefficient (Wildman–Crippen LogP) is 3.01. The molecule has 2 aromatic carbocycles. The van der Waals surface area contributed by atoms with E-state index in [2.05, 4.69) is 10.0 Å². The molecule has 0 unspecified atom stereocenters. The molecule has 0 spiro atoms. The molecular weight excluding hydrogens is 348 g/mol. The van der Waals surface area contributed by atoms with Gasteiger partial charge in [-0.1, -0.05) is 35.9 Å². The van der Waals surface area contributed by atoms with Gasteiger partial charge in [-0.2, -0.15) is 0 Å². The van der Waals surface area contributed by atoms with E-state index in [1.807, 2.05) is 25.1 Å². The van der Waals surface area contributed by atoms with E-state index in [4.69, 9.17) is 11.6 Å². The quantitative estimate of drug-likeness (QED) is 0.825. The van der Waals surface area contributed by atoms with Crippen molar-refractivity contribution in [1.29, 1.82) is 0 Å². The number of rotatable bonds is 6. The minimum absolute atomic E-state index is 0.225. The summed E-state index contributed by atoms with van der Waals surface area (Å²) in [6.07, 6.45) is 0. The summed E-state index contributed by atoms with van der Waals surface area (Å²) in [5, 5.41) is 3.17. The number of anilines is 1. The Balaban J connectivity index is 1.95. The molecule has 0 fully saturated rings. The van der Waals surface area contributed by atoms with Crippen LogP contribution in [0.1, 0.15) is 16.7 Å². The van der Waals surface area contributed by atoms with Gasteiger partial charge >= 0.3 is 0 Å². The molecule has 0 aromatic heterocycles. The summed E-state index contributed by atoms with van der Waals surface area (Å²) in [4.78, 5) is 11.9. The molecule has 0 aliphatic heterocycles. The first-order chi connectivity index (χ1) is 11.3. The Kier molecular flexibility index (Phi) is 5.99. The Bertz CT molecular complexity index is 851. The normalized spacial score (nSPS) is 11.3. The van der Waals surface area contributed by atoms with Gasteiger partial charge in [-0.05, 0) is 48.7 Å². The van der Waals surface area contributed by atoms with E-state index in [9.17, 15) is 13.2 Å². The molecule has 0 heterocycles. The largest absolute Gasteiger partial charge is 0.325 e. The third kappa shape index (κ3) is 5.33. The van der Waals surface area contributed by atoms with Crippen molar-refractivity contribution in [1.82, 2.24) is 4.72 Å². The maximum atomic E-state index is 12.1. The molecule has 0 saturated heterocycles. The second kappa shape index (κ2) is 7.79. The fourth-order valence-corrected chi connectivity index (χ4v) is 3.54. The number of sulfonamides is 1. The molecule has 0 bridgehead atoms. The first-order valence-corrected chi connectivity index (χ1v) is 9.38.